The monoisotopic (exact) mass is 629 g/mol. The fourth-order valence-corrected chi connectivity index (χ4v) is 5.36. The Morgan fingerprint density at radius 2 is 1.49 bits per heavy atom. The Morgan fingerprint density at radius 1 is 0.892 bits per heavy atom. The molecule has 0 saturated carbocycles. The maximum Gasteiger partial charge on any atom is 0.244 e. The van der Waals surface area contributed by atoms with Crippen LogP contribution in [0.3, 0.4) is 0 Å². The molecule has 0 heterocycles. The van der Waals surface area contributed by atoms with Gasteiger partial charge in [0.1, 0.15) is 12.6 Å². The van der Waals surface area contributed by atoms with E-state index in [1.165, 1.54) is 17.0 Å². The van der Waals surface area contributed by atoms with Gasteiger partial charge in [0.15, 0.2) is 0 Å². The Bertz CT molecular complexity index is 1260. The predicted octanol–water partition coefficient (Wildman–Crippen LogP) is 6.44. The molecule has 0 unspecified atom stereocenters. The minimum atomic E-state index is -4.00. The third-order valence-electron chi connectivity index (χ3n) is 5.66. The van der Waals surface area contributed by atoms with Crippen molar-refractivity contribution in [1.29, 1.82) is 0 Å². The molecule has 7 nitrogen and oxygen atoms in total. The molecule has 0 bridgehead atoms. The van der Waals surface area contributed by atoms with Gasteiger partial charge in [0, 0.05) is 12.6 Å². The van der Waals surface area contributed by atoms with E-state index in [9.17, 15) is 18.0 Å². The number of carbonyl (C=O) groups is 2. The maximum absolute atomic E-state index is 13.7. The number of halogens is 5. The summed E-state index contributed by atoms with van der Waals surface area (Å²) in [5.74, 6) is -0.992. The van der Waals surface area contributed by atoms with E-state index in [2.05, 4.69) is 5.32 Å². The molecular formula is C24H28Cl5N3O4S. The van der Waals surface area contributed by atoms with Gasteiger partial charge in [-0.25, -0.2) is 8.42 Å². The van der Waals surface area contributed by atoms with Gasteiger partial charge in [0.25, 0.3) is 0 Å². The molecular weight excluding hydrogens is 604 g/mol. The van der Waals surface area contributed by atoms with Crippen LogP contribution in [0.5, 0.6) is 0 Å². The topological polar surface area (TPSA) is 86.8 Å². The van der Waals surface area contributed by atoms with Gasteiger partial charge in [-0.1, -0.05) is 77.9 Å². The molecule has 2 aromatic rings. The molecule has 0 saturated heterocycles. The van der Waals surface area contributed by atoms with Gasteiger partial charge >= 0.3 is 0 Å². The molecule has 204 valence electrons. The molecule has 13 heteroatoms. The molecule has 0 aromatic heterocycles. The molecule has 0 aliphatic carbocycles. The van der Waals surface area contributed by atoms with Gasteiger partial charge < -0.3 is 10.2 Å². The quantitative estimate of drug-likeness (QED) is 0.289. The Morgan fingerprint density at radius 3 is 2.03 bits per heavy atom. The number of sulfonamides is 1. The number of benzene rings is 2. The summed E-state index contributed by atoms with van der Waals surface area (Å²) in [5, 5.41) is 3.70. The first-order valence-corrected chi connectivity index (χ1v) is 15.1. The van der Waals surface area contributed by atoms with Crippen molar-refractivity contribution < 1.29 is 18.0 Å². The van der Waals surface area contributed by atoms with Crippen molar-refractivity contribution in [2.75, 3.05) is 17.1 Å². The summed E-state index contributed by atoms with van der Waals surface area (Å²) in [4.78, 5) is 28.2. The lowest BCUT2D eigenvalue weighted by Gasteiger charge is -2.33. The van der Waals surface area contributed by atoms with E-state index >= 15 is 0 Å². The van der Waals surface area contributed by atoms with Gasteiger partial charge in [0.2, 0.25) is 21.8 Å². The number of anilines is 1. The molecule has 37 heavy (non-hydrogen) atoms. The SMILES string of the molecule is CC[C@H](C)NC(=O)[C@H](CC)N(Cc1ccc(Cl)c(Cl)c1)C(=O)CN(c1cc(Cl)c(Cl)cc1Cl)S(C)(=O)=O. The number of carbonyl (C=O) groups excluding carboxylic acids is 2. The number of hydrogen-bond donors (Lipinski definition) is 1. The highest BCUT2D eigenvalue weighted by atomic mass is 35.5. The van der Waals surface area contributed by atoms with Crippen molar-refractivity contribution in [1.82, 2.24) is 10.2 Å². The zero-order chi connectivity index (χ0) is 28.1. The third kappa shape index (κ3) is 8.53. The summed E-state index contributed by atoms with van der Waals surface area (Å²) in [6.07, 6.45) is 1.91. The van der Waals surface area contributed by atoms with Crippen LogP contribution in [0.2, 0.25) is 25.1 Å². The summed E-state index contributed by atoms with van der Waals surface area (Å²) in [6.45, 7) is 4.89. The highest BCUT2D eigenvalue weighted by Crippen LogP contribution is 2.35. The summed E-state index contributed by atoms with van der Waals surface area (Å²) >= 11 is 30.6. The minimum Gasteiger partial charge on any atom is -0.352 e. The summed E-state index contributed by atoms with van der Waals surface area (Å²) in [5.41, 5.74) is 0.592. The van der Waals surface area contributed by atoms with Gasteiger partial charge in [-0.15, -0.1) is 0 Å². The first-order valence-electron chi connectivity index (χ1n) is 11.4. The zero-order valence-electron chi connectivity index (χ0n) is 20.7. The Hall–Kier alpha value is -1.42. The predicted molar refractivity (Wildman–Crippen MR) is 153 cm³/mol. The largest absolute Gasteiger partial charge is 0.352 e. The Labute approximate surface area is 243 Å². The van der Waals surface area contributed by atoms with E-state index < -0.39 is 28.5 Å². The first kappa shape index (κ1) is 31.8. The van der Waals surface area contributed by atoms with Crippen molar-refractivity contribution >= 4 is 85.5 Å². The summed E-state index contributed by atoms with van der Waals surface area (Å²) < 4.78 is 26.3. The smallest absolute Gasteiger partial charge is 0.244 e. The molecule has 0 aliphatic rings. The van der Waals surface area contributed by atoms with E-state index in [0.29, 0.717) is 17.0 Å². The molecule has 0 radical (unpaired) electrons. The summed E-state index contributed by atoms with van der Waals surface area (Å²) in [7, 11) is -4.00. The van der Waals surface area contributed by atoms with Crippen LogP contribution in [-0.2, 0) is 26.2 Å². The van der Waals surface area contributed by atoms with Gasteiger partial charge in [-0.3, -0.25) is 13.9 Å². The van der Waals surface area contributed by atoms with E-state index in [0.717, 1.165) is 10.6 Å². The molecule has 0 spiro atoms. The van der Waals surface area contributed by atoms with Crippen molar-refractivity contribution in [2.24, 2.45) is 0 Å². The number of rotatable bonds is 11. The lowest BCUT2D eigenvalue weighted by atomic mass is 10.1. The Kier molecular flexibility index (Phi) is 11.7. The Balaban J connectivity index is 2.53. The standard InChI is InChI=1S/C24H28Cl5N3O4S/c1-5-14(3)30-24(34)21(6-2)31(12-15-7-8-16(25)17(26)9-15)23(33)13-32(37(4,35)36)22-11-19(28)18(27)10-20(22)29/h7-11,14,21H,5-6,12-13H2,1-4H3,(H,30,34)/t14-,21-/m0/s1. The van der Waals surface area contributed by atoms with Crippen molar-refractivity contribution in [3.05, 3.63) is 61.0 Å². The van der Waals surface area contributed by atoms with Crippen LogP contribution in [0.4, 0.5) is 5.69 Å². The van der Waals surface area contributed by atoms with Gasteiger partial charge in [-0.2, -0.15) is 0 Å². The minimum absolute atomic E-state index is 0.00906. The molecule has 2 rings (SSSR count). The second kappa shape index (κ2) is 13.6. The van der Waals surface area contributed by atoms with Crippen LogP contribution < -0.4 is 9.62 Å². The number of nitrogens with one attached hydrogen (secondary N) is 1. The lowest BCUT2D eigenvalue weighted by molar-refractivity contribution is -0.140. The normalized spacial score (nSPS) is 13.1. The lowest BCUT2D eigenvalue weighted by Crippen LogP contribution is -2.53. The van der Waals surface area contributed by atoms with Crippen LogP contribution >= 0.6 is 58.0 Å². The number of hydrogen-bond acceptors (Lipinski definition) is 4. The zero-order valence-corrected chi connectivity index (χ0v) is 25.3. The van der Waals surface area contributed by atoms with Gasteiger partial charge in [0.05, 0.1) is 37.1 Å². The molecule has 2 aromatic carbocycles. The van der Waals surface area contributed by atoms with Crippen LogP contribution in [0.15, 0.2) is 30.3 Å². The average molecular weight is 632 g/mol. The maximum atomic E-state index is 13.7. The fourth-order valence-electron chi connectivity index (χ4n) is 3.49. The van der Waals surface area contributed by atoms with Crippen LogP contribution in [0, 0.1) is 0 Å². The molecule has 2 atom stereocenters. The van der Waals surface area contributed by atoms with Crippen molar-refractivity contribution in [2.45, 2.75) is 52.2 Å². The second-order valence-electron chi connectivity index (χ2n) is 8.50. The van der Waals surface area contributed by atoms with E-state index in [4.69, 9.17) is 58.0 Å². The van der Waals surface area contributed by atoms with Crippen LogP contribution in [0.1, 0.15) is 39.2 Å². The number of amides is 2. The van der Waals surface area contributed by atoms with Crippen LogP contribution in [-0.4, -0.2) is 50.0 Å². The van der Waals surface area contributed by atoms with E-state index in [1.807, 2.05) is 13.8 Å². The van der Waals surface area contributed by atoms with Crippen molar-refractivity contribution in [3.8, 4) is 0 Å². The van der Waals surface area contributed by atoms with Crippen molar-refractivity contribution in [3.63, 3.8) is 0 Å². The number of nitrogens with zero attached hydrogens (tertiary/aromatic N) is 2. The van der Waals surface area contributed by atoms with E-state index in [1.54, 1.807) is 25.1 Å². The molecule has 0 fully saturated rings. The fraction of sp³-hybridized carbons (Fsp3) is 0.417. The highest BCUT2D eigenvalue weighted by Gasteiger charge is 2.33. The molecule has 2 amide bonds. The average Bonchev–Trinajstić information content (AvgIpc) is 2.81. The van der Waals surface area contributed by atoms with E-state index in [-0.39, 0.29) is 50.7 Å². The molecule has 0 aliphatic heterocycles. The first-order chi connectivity index (χ1) is 17.2. The summed E-state index contributed by atoms with van der Waals surface area (Å²) in [6, 6.07) is 6.42. The van der Waals surface area contributed by atoms with Crippen LogP contribution in [0.25, 0.3) is 0 Å². The second-order valence-corrected chi connectivity index (χ2v) is 12.4. The highest BCUT2D eigenvalue weighted by molar-refractivity contribution is 7.92. The third-order valence-corrected chi connectivity index (χ3v) is 8.55. The van der Waals surface area contributed by atoms with Gasteiger partial charge in [-0.05, 0) is 49.6 Å². The molecule has 1 N–H and O–H groups in total.